The molecule has 0 aliphatic carbocycles. The van der Waals surface area contributed by atoms with E-state index in [0.717, 1.165) is 23.5 Å². The van der Waals surface area contributed by atoms with E-state index in [2.05, 4.69) is 19.6 Å². The maximum atomic E-state index is 14.9. The number of amides is 2. The lowest BCUT2D eigenvalue weighted by atomic mass is 10.2. The minimum atomic E-state index is -4.20. The second kappa shape index (κ2) is 10.4. The molecule has 0 saturated carbocycles. The maximum absolute atomic E-state index is 14.9. The molecular formula is C19H13ClFN5O7S3. The van der Waals surface area contributed by atoms with Crippen LogP contribution in [0.15, 0.2) is 67.2 Å². The molecule has 0 spiro atoms. The quantitative estimate of drug-likeness (QED) is 0.147. The number of urea groups is 1. The fraction of sp³-hybridized carbons (Fsp3) is 0. The van der Waals surface area contributed by atoms with Crippen LogP contribution in [0.4, 0.5) is 14.9 Å². The van der Waals surface area contributed by atoms with Gasteiger partial charge in [0.2, 0.25) is 0 Å². The Labute approximate surface area is 213 Å². The molecule has 4 rings (SSSR count). The summed E-state index contributed by atoms with van der Waals surface area (Å²) in [7, 11) is -4.20. The SMILES string of the molecule is NOOSc1ccc2[nH]c(=O)n(-c3ccc(NC(=O)NS(=O)(=O)c4ccc(Cl)s4)cc3F)c(=O)c2c1. The van der Waals surface area contributed by atoms with E-state index in [1.807, 2.05) is 0 Å². The molecule has 0 fully saturated rings. The average Bonchev–Trinajstić information content (AvgIpc) is 3.26. The number of halogens is 2. The summed E-state index contributed by atoms with van der Waals surface area (Å²) in [6.07, 6.45) is 0. The van der Waals surface area contributed by atoms with Crippen molar-refractivity contribution in [3.05, 3.63) is 79.5 Å². The number of fused-ring (bicyclic) bond motifs is 1. The molecule has 0 unspecified atom stereocenters. The molecule has 12 nitrogen and oxygen atoms in total. The van der Waals surface area contributed by atoms with E-state index >= 15 is 0 Å². The summed E-state index contributed by atoms with van der Waals surface area (Å²) in [6.45, 7) is 0. The van der Waals surface area contributed by atoms with Crippen LogP contribution in [0, 0.1) is 5.82 Å². The number of aromatic nitrogens is 2. The number of hydrogen-bond donors (Lipinski definition) is 4. The molecule has 0 aliphatic rings. The fourth-order valence-electron chi connectivity index (χ4n) is 3.06. The van der Waals surface area contributed by atoms with Crippen LogP contribution in [-0.4, -0.2) is 24.0 Å². The Balaban J connectivity index is 1.61. The van der Waals surface area contributed by atoms with Crippen molar-refractivity contribution in [2.75, 3.05) is 5.32 Å². The Morgan fingerprint density at radius 2 is 1.94 bits per heavy atom. The molecule has 2 amide bonds. The fourth-order valence-corrected chi connectivity index (χ4v) is 5.86. The van der Waals surface area contributed by atoms with Crippen LogP contribution in [-0.2, 0) is 19.3 Å². The van der Waals surface area contributed by atoms with Gasteiger partial charge in [0.15, 0.2) is 0 Å². The van der Waals surface area contributed by atoms with Crippen molar-refractivity contribution in [2.45, 2.75) is 9.10 Å². The van der Waals surface area contributed by atoms with Gasteiger partial charge in [-0.25, -0.2) is 31.7 Å². The number of rotatable bonds is 7. The molecule has 17 heteroatoms. The highest BCUT2D eigenvalue weighted by Crippen LogP contribution is 2.25. The predicted molar refractivity (Wildman–Crippen MR) is 131 cm³/mol. The molecule has 0 bridgehead atoms. The average molecular weight is 574 g/mol. The van der Waals surface area contributed by atoms with E-state index in [9.17, 15) is 27.2 Å². The van der Waals surface area contributed by atoms with Crippen LogP contribution >= 0.6 is 35.0 Å². The van der Waals surface area contributed by atoms with Crippen molar-refractivity contribution in [1.29, 1.82) is 0 Å². The van der Waals surface area contributed by atoms with Crippen molar-refractivity contribution in [2.24, 2.45) is 5.90 Å². The molecule has 0 atom stereocenters. The number of hydrogen-bond acceptors (Lipinski definition) is 10. The monoisotopic (exact) mass is 573 g/mol. The van der Waals surface area contributed by atoms with E-state index in [1.54, 1.807) is 4.72 Å². The van der Waals surface area contributed by atoms with Gasteiger partial charge in [0.05, 0.1) is 33.0 Å². The number of carbonyl (C=O) groups is 1. The first-order valence-electron chi connectivity index (χ1n) is 9.47. The Hall–Kier alpha value is -3.25. The Kier molecular flexibility index (Phi) is 7.46. The highest BCUT2D eigenvalue weighted by molar-refractivity contribution is 7.94. The highest BCUT2D eigenvalue weighted by atomic mass is 35.5. The topological polar surface area (TPSA) is 175 Å². The second-order valence-electron chi connectivity index (χ2n) is 6.81. The van der Waals surface area contributed by atoms with Gasteiger partial charge in [0.1, 0.15) is 10.0 Å². The van der Waals surface area contributed by atoms with E-state index in [-0.39, 0.29) is 25.1 Å². The van der Waals surface area contributed by atoms with Gasteiger partial charge in [0, 0.05) is 10.6 Å². The van der Waals surface area contributed by atoms with E-state index < -0.39 is 38.8 Å². The molecule has 188 valence electrons. The summed E-state index contributed by atoms with van der Waals surface area (Å²) in [5.41, 5.74) is -2.09. The molecule has 0 aliphatic heterocycles. The zero-order chi connectivity index (χ0) is 26.0. The number of aromatic amines is 1. The highest BCUT2D eigenvalue weighted by Gasteiger charge is 2.20. The summed E-state index contributed by atoms with van der Waals surface area (Å²) in [5, 5.41) is 2.21. The summed E-state index contributed by atoms with van der Waals surface area (Å²) in [4.78, 5) is 44.6. The smallest absolute Gasteiger partial charge is 0.307 e. The van der Waals surface area contributed by atoms with Crippen LogP contribution in [0.2, 0.25) is 4.34 Å². The molecule has 0 radical (unpaired) electrons. The normalized spacial score (nSPS) is 11.5. The van der Waals surface area contributed by atoms with Crippen LogP contribution in [0.3, 0.4) is 0 Å². The number of anilines is 1. The number of benzene rings is 2. The van der Waals surface area contributed by atoms with Crippen LogP contribution in [0.25, 0.3) is 16.6 Å². The van der Waals surface area contributed by atoms with Gasteiger partial charge in [-0.2, -0.15) is 5.90 Å². The first kappa shape index (κ1) is 25.8. The van der Waals surface area contributed by atoms with Crippen molar-refractivity contribution < 1.29 is 26.9 Å². The van der Waals surface area contributed by atoms with Gasteiger partial charge in [0.25, 0.3) is 15.6 Å². The first-order chi connectivity index (χ1) is 17.1. The number of nitrogens with two attached hydrogens (primary N) is 1. The molecular weight excluding hydrogens is 561 g/mol. The van der Waals surface area contributed by atoms with E-state index in [1.165, 1.54) is 36.4 Å². The number of sulfonamides is 1. The van der Waals surface area contributed by atoms with Gasteiger partial charge < -0.3 is 10.3 Å². The Bertz CT molecular complexity index is 1700. The van der Waals surface area contributed by atoms with Crippen molar-refractivity contribution >= 4 is 67.6 Å². The minimum absolute atomic E-state index is 0.0417. The molecule has 5 N–H and O–H groups in total. The zero-order valence-corrected chi connectivity index (χ0v) is 20.7. The summed E-state index contributed by atoms with van der Waals surface area (Å²) >= 11 is 7.17. The Morgan fingerprint density at radius 1 is 1.17 bits per heavy atom. The van der Waals surface area contributed by atoms with Crippen LogP contribution in [0.1, 0.15) is 0 Å². The largest absolute Gasteiger partial charge is 0.333 e. The first-order valence-corrected chi connectivity index (χ1v) is 12.9. The third-order valence-corrected chi connectivity index (χ3v) is 8.17. The number of nitrogens with one attached hydrogen (secondary N) is 3. The summed E-state index contributed by atoms with van der Waals surface area (Å²) in [5.74, 6) is 3.75. The number of H-pyrrole nitrogens is 1. The maximum Gasteiger partial charge on any atom is 0.333 e. The predicted octanol–water partition coefficient (Wildman–Crippen LogP) is 2.87. The molecule has 2 aromatic carbocycles. The number of carbonyl (C=O) groups excluding carboxylic acids is 1. The minimum Gasteiger partial charge on any atom is -0.307 e. The lowest BCUT2D eigenvalue weighted by molar-refractivity contribution is -0.195. The number of thiophene rings is 1. The Morgan fingerprint density at radius 3 is 2.61 bits per heavy atom. The van der Waals surface area contributed by atoms with Crippen molar-refractivity contribution in [3.63, 3.8) is 0 Å². The van der Waals surface area contributed by atoms with Gasteiger partial charge in [-0.1, -0.05) is 11.6 Å². The summed E-state index contributed by atoms with van der Waals surface area (Å²) < 4.78 is 46.3. The second-order valence-corrected chi connectivity index (χ2v) is 11.2. The molecule has 4 aromatic rings. The van der Waals surface area contributed by atoms with Gasteiger partial charge in [-0.3, -0.25) is 4.79 Å². The van der Waals surface area contributed by atoms with Crippen LogP contribution < -0.4 is 27.2 Å². The van der Waals surface area contributed by atoms with Gasteiger partial charge in [-0.05, 0) is 48.5 Å². The molecule has 2 heterocycles. The molecule has 2 aromatic heterocycles. The third-order valence-electron chi connectivity index (χ3n) is 4.53. The van der Waals surface area contributed by atoms with E-state index in [0.29, 0.717) is 21.5 Å². The van der Waals surface area contributed by atoms with Gasteiger partial charge >= 0.3 is 11.7 Å². The van der Waals surface area contributed by atoms with Crippen molar-refractivity contribution in [1.82, 2.24) is 14.3 Å². The molecule has 36 heavy (non-hydrogen) atoms. The van der Waals surface area contributed by atoms with Crippen molar-refractivity contribution in [3.8, 4) is 5.69 Å². The van der Waals surface area contributed by atoms with E-state index in [4.69, 9.17) is 17.5 Å². The molecule has 0 saturated heterocycles. The third kappa shape index (κ3) is 5.44. The standard InChI is InChI=1S/C19H13ClFN5O7S3/c20-15-5-6-16(34-15)36(30,31)25-18(28)23-9-1-4-14(12(21)7-9)26-17(27)11-8-10(35-33-32-22)2-3-13(11)24-19(26)29/h1-8H,22H2,(H,24,29)(H2,23,25,28). The number of nitrogens with zero attached hydrogens (tertiary/aromatic N) is 1. The summed E-state index contributed by atoms with van der Waals surface area (Å²) in [6, 6.07) is 8.84. The van der Waals surface area contributed by atoms with Crippen LogP contribution in [0.5, 0.6) is 0 Å². The zero-order valence-electron chi connectivity index (χ0n) is 17.5. The lowest BCUT2D eigenvalue weighted by Gasteiger charge is -2.11. The van der Waals surface area contributed by atoms with Gasteiger partial charge in [-0.15, -0.1) is 20.7 Å². The lowest BCUT2D eigenvalue weighted by Crippen LogP contribution is -2.35.